The van der Waals surface area contributed by atoms with E-state index in [-0.39, 0.29) is 0 Å². The largest absolute Gasteiger partial charge is 0.493 e. The first kappa shape index (κ1) is 20.6. The molecule has 0 amide bonds. The Labute approximate surface area is 182 Å². The Morgan fingerprint density at radius 2 is 2.00 bits per heavy atom. The third-order valence-corrected chi connectivity index (χ3v) is 6.12. The highest BCUT2D eigenvalue weighted by Crippen LogP contribution is 2.32. The number of rotatable bonds is 6. The van der Waals surface area contributed by atoms with Crippen LogP contribution in [0.15, 0.2) is 35.4 Å². The Hall–Kier alpha value is -2.67. The number of aromatic amines is 1. The minimum absolute atomic E-state index is 0.452. The Bertz CT molecular complexity index is 1100. The molecule has 1 aliphatic rings. The third kappa shape index (κ3) is 3.99. The van der Waals surface area contributed by atoms with Gasteiger partial charge in [-0.15, -0.1) is 0 Å². The smallest absolute Gasteiger partial charge is 0.216 e. The summed E-state index contributed by atoms with van der Waals surface area (Å²) in [6.07, 6.45) is 8.40. The van der Waals surface area contributed by atoms with Gasteiger partial charge in [-0.1, -0.05) is 31.4 Å². The fourth-order valence-corrected chi connectivity index (χ4v) is 4.64. The number of hydrogen-bond acceptors (Lipinski definition) is 4. The van der Waals surface area contributed by atoms with Crippen molar-refractivity contribution >= 4 is 18.4 Å². The average molecular weight is 424 g/mol. The lowest BCUT2D eigenvalue weighted by Gasteiger charge is -2.26. The number of nitrogens with zero attached hydrogens (tertiary/aromatic N) is 4. The molecule has 2 aromatic heterocycles. The second kappa shape index (κ2) is 9.00. The molecule has 1 N–H and O–H groups in total. The van der Waals surface area contributed by atoms with Crippen LogP contribution >= 0.6 is 12.2 Å². The van der Waals surface area contributed by atoms with Crippen LogP contribution in [0, 0.1) is 18.6 Å². The zero-order valence-corrected chi connectivity index (χ0v) is 18.7. The molecule has 3 aromatic rings. The first-order valence-corrected chi connectivity index (χ1v) is 11.1. The van der Waals surface area contributed by atoms with Crippen molar-refractivity contribution in [1.29, 1.82) is 0 Å². The van der Waals surface area contributed by atoms with Gasteiger partial charge in [0.2, 0.25) is 4.77 Å². The van der Waals surface area contributed by atoms with Gasteiger partial charge in [-0.3, -0.25) is 0 Å². The fraction of sp³-hybridized carbons (Fsp3) is 0.435. The van der Waals surface area contributed by atoms with E-state index in [2.05, 4.69) is 34.7 Å². The summed E-state index contributed by atoms with van der Waals surface area (Å²) in [5.41, 5.74) is 4.52. The van der Waals surface area contributed by atoms with Crippen molar-refractivity contribution < 1.29 is 4.74 Å². The topological polar surface area (TPSA) is 60.1 Å². The van der Waals surface area contributed by atoms with Crippen LogP contribution in [0.1, 0.15) is 62.0 Å². The van der Waals surface area contributed by atoms with Crippen LogP contribution in [-0.4, -0.2) is 32.3 Å². The van der Waals surface area contributed by atoms with Crippen LogP contribution in [0.4, 0.5) is 0 Å². The van der Waals surface area contributed by atoms with E-state index in [0.717, 1.165) is 16.9 Å². The molecular formula is C23H29N5OS. The Morgan fingerprint density at radius 1 is 1.23 bits per heavy atom. The molecule has 1 saturated carbocycles. The van der Waals surface area contributed by atoms with E-state index in [4.69, 9.17) is 22.1 Å². The Morgan fingerprint density at radius 3 is 2.77 bits per heavy atom. The molecule has 0 unspecified atom stereocenters. The van der Waals surface area contributed by atoms with Gasteiger partial charge in [0.1, 0.15) is 5.75 Å². The number of ether oxygens (including phenoxy) is 1. The fourth-order valence-electron chi connectivity index (χ4n) is 4.46. The van der Waals surface area contributed by atoms with Gasteiger partial charge in [-0.05, 0) is 64.0 Å². The molecule has 0 radical (unpaired) electrons. The van der Waals surface area contributed by atoms with Crippen molar-refractivity contribution in [2.24, 2.45) is 5.10 Å². The second-order valence-corrected chi connectivity index (χ2v) is 8.21. The zero-order chi connectivity index (χ0) is 21.1. The molecule has 1 aromatic carbocycles. The average Bonchev–Trinajstić information content (AvgIpc) is 3.26. The molecule has 1 aliphatic carbocycles. The van der Waals surface area contributed by atoms with E-state index in [1.165, 1.54) is 43.5 Å². The van der Waals surface area contributed by atoms with E-state index >= 15 is 0 Å². The number of benzene rings is 1. The summed E-state index contributed by atoms with van der Waals surface area (Å²) in [5, 5.41) is 12.0. The number of hydrogen-bond donors (Lipinski definition) is 1. The van der Waals surface area contributed by atoms with Crippen molar-refractivity contribution in [1.82, 2.24) is 19.4 Å². The maximum atomic E-state index is 5.77. The van der Waals surface area contributed by atoms with Gasteiger partial charge < -0.3 is 9.30 Å². The highest BCUT2D eigenvalue weighted by Gasteiger charge is 2.20. The molecule has 30 heavy (non-hydrogen) atoms. The van der Waals surface area contributed by atoms with Crippen LogP contribution in [0.5, 0.6) is 5.75 Å². The van der Waals surface area contributed by atoms with Crippen molar-refractivity contribution in [3.05, 3.63) is 52.1 Å². The second-order valence-electron chi connectivity index (χ2n) is 7.83. The maximum Gasteiger partial charge on any atom is 0.216 e. The summed E-state index contributed by atoms with van der Waals surface area (Å²) in [5.74, 6) is 1.40. The molecule has 1 fully saturated rings. The normalized spacial score (nSPS) is 15.2. The van der Waals surface area contributed by atoms with Gasteiger partial charge >= 0.3 is 0 Å². The lowest BCUT2D eigenvalue weighted by atomic mass is 9.95. The predicted octanol–water partition coefficient (Wildman–Crippen LogP) is 5.81. The summed E-state index contributed by atoms with van der Waals surface area (Å²) < 4.78 is 10.4. The van der Waals surface area contributed by atoms with Crippen LogP contribution < -0.4 is 4.74 Å². The minimum Gasteiger partial charge on any atom is -0.493 e. The maximum absolute atomic E-state index is 5.77. The van der Waals surface area contributed by atoms with Crippen molar-refractivity contribution in [3.8, 4) is 17.1 Å². The number of para-hydroxylation sites is 1. The van der Waals surface area contributed by atoms with Gasteiger partial charge in [0.05, 0.1) is 18.4 Å². The molecule has 0 aliphatic heterocycles. The number of H-pyrrole nitrogens is 1. The number of aromatic nitrogens is 4. The molecule has 2 heterocycles. The SMILES string of the molecule is CCOc1ccccc1-c1n[nH]c(=S)n1/N=C\c1cc(C)n(C2CCCCC2)c1C. The Kier molecular flexibility index (Phi) is 6.18. The quantitative estimate of drug-likeness (QED) is 0.402. The highest BCUT2D eigenvalue weighted by atomic mass is 32.1. The van der Waals surface area contributed by atoms with Crippen LogP contribution in [-0.2, 0) is 0 Å². The van der Waals surface area contributed by atoms with Gasteiger partial charge in [-0.25, -0.2) is 5.10 Å². The zero-order valence-electron chi connectivity index (χ0n) is 17.9. The molecule has 0 saturated heterocycles. The minimum atomic E-state index is 0.452. The van der Waals surface area contributed by atoms with Crippen molar-refractivity contribution in [2.45, 2.75) is 58.9 Å². The first-order chi connectivity index (χ1) is 14.6. The van der Waals surface area contributed by atoms with Crippen molar-refractivity contribution in [3.63, 3.8) is 0 Å². The van der Waals surface area contributed by atoms with E-state index in [1.807, 2.05) is 37.4 Å². The summed E-state index contributed by atoms with van der Waals surface area (Å²) in [6.45, 7) is 6.92. The standard InChI is InChI=1S/C23H29N5OS/c1-4-29-21-13-9-8-12-20(21)22-25-26-23(30)28(22)24-15-18-14-16(2)27(17(18)3)19-10-6-5-7-11-19/h8-9,12-15,19H,4-7,10-11H2,1-3H3,(H,26,30)/b24-15-. The van der Waals surface area contributed by atoms with E-state index in [1.54, 1.807) is 4.68 Å². The molecule has 7 heteroatoms. The van der Waals surface area contributed by atoms with Crippen LogP contribution in [0.2, 0.25) is 0 Å². The van der Waals surface area contributed by atoms with Crippen LogP contribution in [0.3, 0.4) is 0 Å². The van der Waals surface area contributed by atoms with Gasteiger partial charge in [0.15, 0.2) is 5.82 Å². The first-order valence-electron chi connectivity index (χ1n) is 10.7. The Balaban J connectivity index is 1.68. The lowest BCUT2D eigenvalue weighted by Crippen LogP contribution is -2.15. The third-order valence-electron chi connectivity index (χ3n) is 5.85. The van der Waals surface area contributed by atoms with Crippen LogP contribution in [0.25, 0.3) is 11.4 Å². The molecule has 4 rings (SSSR count). The number of aryl methyl sites for hydroxylation is 1. The molecule has 0 atom stereocenters. The molecule has 0 bridgehead atoms. The summed E-state index contributed by atoms with van der Waals surface area (Å²) in [7, 11) is 0. The number of nitrogens with one attached hydrogen (secondary N) is 1. The van der Waals surface area contributed by atoms with Gasteiger partial charge in [0, 0.05) is 23.0 Å². The van der Waals surface area contributed by atoms with E-state index in [9.17, 15) is 0 Å². The molecule has 6 nitrogen and oxygen atoms in total. The van der Waals surface area contributed by atoms with Gasteiger partial charge in [-0.2, -0.15) is 14.9 Å². The van der Waals surface area contributed by atoms with E-state index < -0.39 is 0 Å². The summed E-state index contributed by atoms with van der Waals surface area (Å²) in [4.78, 5) is 0. The monoisotopic (exact) mass is 423 g/mol. The van der Waals surface area contributed by atoms with Crippen molar-refractivity contribution in [2.75, 3.05) is 6.61 Å². The predicted molar refractivity (Wildman–Crippen MR) is 123 cm³/mol. The highest BCUT2D eigenvalue weighted by molar-refractivity contribution is 7.71. The summed E-state index contributed by atoms with van der Waals surface area (Å²) >= 11 is 5.45. The molecule has 0 spiro atoms. The lowest BCUT2D eigenvalue weighted by molar-refractivity contribution is 0.341. The van der Waals surface area contributed by atoms with Gasteiger partial charge in [0.25, 0.3) is 0 Å². The molecular weight excluding hydrogens is 394 g/mol. The van der Waals surface area contributed by atoms with E-state index in [0.29, 0.717) is 23.2 Å². The molecule has 158 valence electrons. The summed E-state index contributed by atoms with van der Waals surface area (Å²) in [6, 6.07) is 10.6.